The van der Waals surface area contributed by atoms with E-state index in [0.717, 1.165) is 35.1 Å². The van der Waals surface area contributed by atoms with Crippen molar-refractivity contribution in [3.05, 3.63) is 75.7 Å². The van der Waals surface area contributed by atoms with E-state index in [-0.39, 0.29) is 18.5 Å². The summed E-state index contributed by atoms with van der Waals surface area (Å²) in [5.74, 6) is 0.910. The number of hydrogen-bond acceptors (Lipinski definition) is 4. The first-order chi connectivity index (χ1) is 15.5. The van der Waals surface area contributed by atoms with E-state index in [0.29, 0.717) is 11.6 Å². The second-order valence-corrected chi connectivity index (χ2v) is 45.2. The molecule has 0 atom stereocenters. The van der Waals surface area contributed by atoms with E-state index in [1.54, 1.807) is 6.07 Å². The summed E-state index contributed by atoms with van der Waals surface area (Å²) in [6.07, 6.45) is 0.225. The van der Waals surface area contributed by atoms with Crippen LogP contribution < -0.4 is 11.5 Å². The molecule has 2 aromatic carbocycles. The van der Waals surface area contributed by atoms with Gasteiger partial charge in [0, 0.05) is 25.9 Å². The Hall–Kier alpha value is 1.80. The van der Waals surface area contributed by atoms with Crippen LogP contribution in [-0.4, -0.2) is 14.4 Å². The monoisotopic (exact) mass is 1130 g/mol. The van der Waals surface area contributed by atoms with Gasteiger partial charge in [0.15, 0.2) is 0 Å². The number of anilines is 2. The third-order valence-electron chi connectivity index (χ3n) is 3.39. The second kappa shape index (κ2) is 19.0. The predicted molar refractivity (Wildman–Crippen MR) is 188 cm³/mol. The molecule has 4 N–H and O–H groups in total. The van der Waals surface area contributed by atoms with Crippen molar-refractivity contribution in [2.24, 2.45) is 0 Å². The third-order valence-corrected chi connectivity index (χ3v) is 4.98. The Balaban J connectivity index is 0.000000494. The molecule has 4 rings (SSSR count). The van der Waals surface area contributed by atoms with E-state index in [2.05, 4.69) is 147 Å². The molecule has 0 aliphatic heterocycles. The summed E-state index contributed by atoms with van der Waals surface area (Å²) in [7, 11) is 0. The summed E-state index contributed by atoms with van der Waals surface area (Å²) >= 11 is 19.8. The van der Waals surface area contributed by atoms with Crippen LogP contribution in [0.25, 0.3) is 21.5 Å². The van der Waals surface area contributed by atoms with Gasteiger partial charge in [0.05, 0.1) is 1.37 Å². The molecule has 2 heterocycles. The number of alkyl halides is 1. The molecule has 0 saturated heterocycles. The number of nitrogens with two attached hydrogens (primary N) is 2. The molecule has 33 heavy (non-hydrogen) atoms. The number of aromatic nitrogens is 2. The molecule has 4 nitrogen and oxygen atoms in total. The first-order valence-electron chi connectivity index (χ1n) is 9.15. The maximum atomic E-state index is 7.57. The zero-order valence-electron chi connectivity index (χ0n) is 18.5. The van der Waals surface area contributed by atoms with Crippen molar-refractivity contribution in [1.82, 2.24) is 9.97 Å². The van der Waals surface area contributed by atoms with Gasteiger partial charge in [0.25, 0.3) is 0 Å². The van der Waals surface area contributed by atoms with Crippen molar-refractivity contribution in [2.45, 2.75) is 6.92 Å². The van der Waals surface area contributed by atoms with Gasteiger partial charge in [-0.25, -0.2) is 9.97 Å². The number of rotatable bonds is 0. The minimum atomic E-state index is -0.278. The Morgan fingerprint density at radius 3 is 1.94 bits per heavy atom. The van der Waals surface area contributed by atoms with Gasteiger partial charge < -0.3 is 18.9 Å². The number of pyridine rings is 2. The molecule has 0 radical (unpaired) electrons. The van der Waals surface area contributed by atoms with Gasteiger partial charge in [-0.1, -0.05) is 73.5 Å². The zero-order valence-corrected chi connectivity index (χ0v) is 32.3. The fraction of sp³-hybridized carbons (Fsp3) is 0.0952. The van der Waals surface area contributed by atoms with E-state index in [9.17, 15) is 0 Å². The van der Waals surface area contributed by atoms with Crippen LogP contribution in [-0.2, 0) is 4.92 Å². The van der Waals surface area contributed by atoms with E-state index < -0.39 is 0 Å². The number of halogens is 7. The Kier molecular flexibility index (Phi) is 18.9. The standard InChI is InChI=1S/C9H6Br2N2.C9H7BrN2.C2H5I.CH3.3HI.V/c10-6-1-2-7-5(3-6)4-8(12)13-9(7)11;10-8-2-1-6-5-12-9(11)4-7(6)3-8;1-2-3;;;;;/h1-4H,(H2,12,13);1-5H,(H2,11,12);2H2,1H3;1H3;3*1H;/q;;;-1;;;;+3/p-3/i;5D;;;;;;. The maximum absolute atomic E-state index is 7.57. The summed E-state index contributed by atoms with van der Waals surface area (Å²) in [6.45, 7) is 2.11. The number of benzene rings is 2. The van der Waals surface area contributed by atoms with E-state index in [1.807, 2.05) is 42.5 Å². The average Bonchev–Trinajstić information content (AvgIpc) is 2.67. The van der Waals surface area contributed by atoms with Gasteiger partial charge >= 0.3 is 64.9 Å². The summed E-state index contributed by atoms with van der Waals surface area (Å²) < 4.78 is 11.6. The van der Waals surface area contributed by atoms with Crippen molar-refractivity contribution in [2.75, 3.05) is 15.9 Å². The Bertz CT molecular complexity index is 1100. The van der Waals surface area contributed by atoms with Crippen LogP contribution >= 0.6 is 130 Å². The molecule has 4 aromatic rings. The second-order valence-electron chi connectivity index (χ2n) is 5.69. The first kappa shape index (κ1) is 32.8. The molecule has 0 aliphatic rings. The number of hydrogen-bond donors (Lipinski definition) is 2. The van der Waals surface area contributed by atoms with Gasteiger partial charge in [0.1, 0.15) is 16.2 Å². The predicted octanol–water partition coefficient (Wildman–Crippen LogP) is 10.5. The number of fused-ring (bicyclic) bond motifs is 2. The van der Waals surface area contributed by atoms with E-state index in [1.165, 1.54) is 4.43 Å². The fourth-order valence-corrected chi connectivity index (χ4v) is 3.60. The van der Waals surface area contributed by atoms with E-state index >= 15 is 0 Å². The Morgan fingerprint density at radius 1 is 0.879 bits per heavy atom. The van der Waals surface area contributed by atoms with Crippen molar-refractivity contribution >= 4 is 163 Å². The Morgan fingerprint density at radius 2 is 1.36 bits per heavy atom. The Labute approximate surface area is 273 Å². The van der Waals surface area contributed by atoms with Crippen LogP contribution in [0.1, 0.15) is 8.29 Å². The van der Waals surface area contributed by atoms with Gasteiger partial charge in [-0.05, 0) is 67.5 Å². The number of nitrogens with zero attached hydrogens (tertiary/aromatic N) is 2. The molecule has 2 aromatic heterocycles. The summed E-state index contributed by atoms with van der Waals surface area (Å²) in [4.78, 5) is 7.69. The average molecular weight is 1130 g/mol. The normalized spacial score (nSPS) is 10.0. The minimum absolute atomic E-state index is 0. The van der Waals surface area contributed by atoms with Crippen molar-refractivity contribution < 1.29 is 6.29 Å². The first-order valence-corrected chi connectivity index (χ1v) is 26.1. The van der Waals surface area contributed by atoms with Gasteiger partial charge in [0.2, 0.25) is 0 Å². The third kappa shape index (κ3) is 14.4. The van der Waals surface area contributed by atoms with Gasteiger partial charge in [-0.2, -0.15) is 0 Å². The zero-order chi connectivity index (χ0) is 25.1. The molecule has 0 saturated carbocycles. The van der Waals surface area contributed by atoms with Crippen molar-refractivity contribution in [3.8, 4) is 0 Å². The van der Waals surface area contributed by atoms with Crippen LogP contribution in [0.2, 0.25) is 0 Å². The molecule has 0 amide bonds. The van der Waals surface area contributed by atoms with Crippen LogP contribution in [0.5, 0.6) is 0 Å². The molecule has 180 valence electrons. The molecule has 0 bridgehead atoms. The van der Waals surface area contributed by atoms with Crippen LogP contribution in [0, 0.1) is 7.43 Å². The molecule has 12 heteroatoms. The molecular weight excluding hydrogens is 1110 g/mol. The summed E-state index contributed by atoms with van der Waals surface area (Å²) in [5.41, 5.74) is 11.1. The van der Waals surface area contributed by atoms with Crippen molar-refractivity contribution in [1.29, 1.82) is 0 Å². The van der Waals surface area contributed by atoms with Crippen LogP contribution in [0.15, 0.2) is 68.3 Å². The fourth-order valence-electron chi connectivity index (χ4n) is 2.28. The summed E-state index contributed by atoms with van der Waals surface area (Å²) in [6, 6.07) is 15.3. The molecule has 0 fully saturated rings. The number of nitrogen functional groups attached to an aromatic ring is 2. The van der Waals surface area contributed by atoms with Crippen LogP contribution in [0.3, 0.4) is 0 Å². The van der Waals surface area contributed by atoms with Gasteiger partial charge in [-0.15, -0.1) is 0 Å². The summed E-state index contributed by atoms with van der Waals surface area (Å²) in [5, 5.41) is 3.90. The molecule has 0 unspecified atom stereocenters. The van der Waals surface area contributed by atoms with E-state index in [4.69, 9.17) is 12.8 Å². The quantitative estimate of drug-likeness (QED) is 0.0796. The van der Waals surface area contributed by atoms with Gasteiger partial charge in [-0.3, -0.25) is 0 Å². The topological polar surface area (TPSA) is 77.8 Å². The van der Waals surface area contributed by atoms with Crippen LogP contribution in [0.4, 0.5) is 11.6 Å². The molecular formula is C21H21Br3I4N4V-. The molecule has 0 spiro atoms. The molecule has 0 aliphatic carbocycles. The van der Waals surface area contributed by atoms with Crippen molar-refractivity contribution in [3.63, 3.8) is 0 Å². The SMILES string of the molecule is CCI.Nc1cc2cc(Br)ccc2c(Br)n1.[2H]c1nc(N)cc2cc(Br)ccc12.[CH3-].[I][V]([I])[I].